The third-order valence-electron chi connectivity index (χ3n) is 4.23. The second-order valence-electron chi connectivity index (χ2n) is 6.83. The Morgan fingerprint density at radius 3 is 2.50 bits per heavy atom. The molecule has 0 spiro atoms. The smallest absolute Gasteiger partial charge is 0.339 e. The molecule has 0 N–H and O–H groups in total. The Labute approximate surface area is 177 Å². The number of ether oxygens (including phenoxy) is 1. The molecule has 0 unspecified atom stereocenters. The quantitative estimate of drug-likeness (QED) is 0.300. The van der Waals surface area contributed by atoms with E-state index in [0.717, 1.165) is 0 Å². The van der Waals surface area contributed by atoms with Gasteiger partial charge in [0.25, 0.3) is 11.6 Å². The lowest BCUT2D eigenvalue weighted by Gasteiger charge is -2.14. The molecule has 9 heteroatoms. The zero-order valence-electron chi connectivity index (χ0n) is 16.5. The third kappa shape index (κ3) is 4.38. The summed E-state index contributed by atoms with van der Waals surface area (Å²) < 4.78 is 5.19. The number of nitrogens with zero attached hydrogens (tertiary/aromatic N) is 3. The van der Waals surface area contributed by atoms with E-state index in [4.69, 9.17) is 16.3 Å². The van der Waals surface area contributed by atoms with E-state index >= 15 is 0 Å². The molecule has 0 radical (unpaired) electrons. The van der Waals surface area contributed by atoms with Crippen LogP contribution in [0.15, 0.2) is 53.1 Å². The summed E-state index contributed by atoms with van der Waals surface area (Å²) in [5.41, 5.74) is 1.90. The molecule has 3 rings (SSSR count). The Hall–Kier alpha value is -3.52. The molecular weight excluding hydrogens is 410 g/mol. The van der Waals surface area contributed by atoms with Gasteiger partial charge in [-0.3, -0.25) is 14.9 Å². The second-order valence-corrected chi connectivity index (χ2v) is 7.23. The number of carbonyl (C=O) groups excluding carboxylic acids is 2. The van der Waals surface area contributed by atoms with Crippen LogP contribution in [0.4, 0.5) is 11.4 Å². The lowest BCUT2D eigenvalue weighted by molar-refractivity contribution is -0.384. The van der Waals surface area contributed by atoms with E-state index < -0.39 is 16.8 Å². The standard InChI is InChI=1S/C21H18ClN3O5/c1-12(2)30-21(27)18-11-16(8-9-19(18)22)24-20(26)17(13(3)23-24)10-14-4-6-15(7-5-14)25(28)29/h4-12H,1-3H3/b17-10-. The highest BCUT2D eigenvalue weighted by atomic mass is 35.5. The van der Waals surface area contributed by atoms with Gasteiger partial charge in [0.1, 0.15) is 0 Å². The number of non-ortho nitro benzene ring substituents is 1. The van der Waals surface area contributed by atoms with Gasteiger partial charge in [-0.1, -0.05) is 11.6 Å². The van der Waals surface area contributed by atoms with Gasteiger partial charge in [0.2, 0.25) is 0 Å². The van der Waals surface area contributed by atoms with Gasteiger partial charge in [-0.25, -0.2) is 4.79 Å². The summed E-state index contributed by atoms with van der Waals surface area (Å²) in [6, 6.07) is 10.4. The van der Waals surface area contributed by atoms with Crippen molar-refractivity contribution in [1.82, 2.24) is 0 Å². The van der Waals surface area contributed by atoms with E-state index in [9.17, 15) is 19.7 Å². The average Bonchev–Trinajstić information content (AvgIpc) is 2.96. The number of hydrogen-bond acceptors (Lipinski definition) is 6. The van der Waals surface area contributed by atoms with Crippen LogP contribution in [0.1, 0.15) is 36.7 Å². The predicted octanol–water partition coefficient (Wildman–Crippen LogP) is 4.62. The normalized spacial score (nSPS) is 15.0. The molecule has 0 atom stereocenters. The van der Waals surface area contributed by atoms with E-state index in [-0.39, 0.29) is 22.4 Å². The number of hydrogen-bond donors (Lipinski definition) is 0. The van der Waals surface area contributed by atoms with Crippen LogP contribution in [0.3, 0.4) is 0 Å². The van der Waals surface area contributed by atoms with Gasteiger partial charge in [-0.05, 0) is 62.7 Å². The monoisotopic (exact) mass is 427 g/mol. The van der Waals surface area contributed by atoms with Crippen LogP contribution in [0.5, 0.6) is 0 Å². The fourth-order valence-electron chi connectivity index (χ4n) is 2.80. The summed E-state index contributed by atoms with van der Waals surface area (Å²) in [6.45, 7) is 5.13. The molecule has 1 aliphatic heterocycles. The highest BCUT2D eigenvalue weighted by Crippen LogP contribution is 2.29. The Morgan fingerprint density at radius 2 is 1.90 bits per heavy atom. The van der Waals surface area contributed by atoms with Crippen molar-refractivity contribution in [1.29, 1.82) is 0 Å². The van der Waals surface area contributed by atoms with Crippen molar-refractivity contribution in [3.05, 3.63) is 74.3 Å². The molecule has 0 aliphatic carbocycles. The Kier molecular flexibility index (Phi) is 5.98. The van der Waals surface area contributed by atoms with Gasteiger partial charge in [0.15, 0.2) is 0 Å². The molecule has 0 aromatic heterocycles. The Bertz CT molecular complexity index is 1090. The number of anilines is 1. The number of esters is 1. The van der Waals surface area contributed by atoms with Crippen LogP contribution in [-0.4, -0.2) is 28.6 Å². The SMILES string of the molecule is CC1=NN(c2ccc(Cl)c(C(=O)OC(C)C)c2)C(=O)/C1=C\c1ccc([N+](=O)[O-])cc1. The molecule has 2 aromatic rings. The first-order chi connectivity index (χ1) is 14.2. The summed E-state index contributed by atoms with van der Waals surface area (Å²) in [5.74, 6) is -0.984. The van der Waals surface area contributed by atoms with Crippen LogP contribution in [-0.2, 0) is 9.53 Å². The topological polar surface area (TPSA) is 102 Å². The van der Waals surface area contributed by atoms with E-state index in [0.29, 0.717) is 22.5 Å². The zero-order chi connectivity index (χ0) is 22.0. The molecule has 1 amide bonds. The number of halogens is 1. The van der Waals surface area contributed by atoms with Crippen molar-refractivity contribution in [2.75, 3.05) is 5.01 Å². The van der Waals surface area contributed by atoms with Crippen LogP contribution in [0.2, 0.25) is 5.02 Å². The van der Waals surface area contributed by atoms with Gasteiger partial charge in [0, 0.05) is 12.1 Å². The first-order valence-corrected chi connectivity index (χ1v) is 9.42. The maximum absolute atomic E-state index is 12.9. The molecule has 0 saturated carbocycles. The average molecular weight is 428 g/mol. The predicted molar refractivity (Wildman–Crippen MR) is 114 cm³/mol. The van der Waals surface area contributed by atoms with Gasteiger partial charge >= 0.3 is 5.97 Å². The molecule has 2 aromatic carbocycles. The molecule has 154 valence electrons. The molecular formula is C21H18ClN3O5. The van der Waals surface area contributed by atoms with Gasteiger partial charge < -0.3 is 4.74 Å². The number of benzene rings is 2. The highest BCUT2D eigenvalue weighted by Gasteiger charge is 2.29. The lowest BCUT2D eigenvalue weighted by Crippen LogP contribution is -2.22. The molecule has 30 heavy (non-hydrogen) atoms. The zero-order valence-corrected chi connectivity index (χ0v) is 17.2. The lowest BCUT2D eigenvalue weighted by atomic mass is 10.1. The van der Waals surface area contributed by atoms with Crippen molar-refractivity contribution in [2.24, 2.45) is 5.10 Å². The van der Waals surface area contributed by atoms with Crippen molar-refractivity contribution >= 4 is 46.6 Å². The van der Waals surface area contributed by atoms with E-state index in [2.05, 4.69) is 5.10 Å². The number of nitro groups is 1. The summed E-state index contributed by atoms with van der Waals surface area (Å²) in [7, 11) is 0. The van der Waals surface area contributed by atoms with Crippen molar-refractivity contribution < 1.29 is 19.2 Å². The summed E-state index contributed by atoms with van der Waals surface area (Å²) in [4.78, 5) is 35.5. The van der Waals surface area contributed by atoms with Crippen molar-refractivity contribution in [2.45, 2.75) is 26.9 Å². The fourth-order valence-corrected chi connectivity index (χ4v) is 2.99. The molecule has 0 bridgehead atoms. The van der Waals surface area contributed by atoms with Gasteiger partial charge in [0.05, 0.1) is 38.6 Å². The molecule has 0 fully saturated rings. The number of hydrazone groups is 1. The molecule has 0 saturated heterocycles. The van der Waals surface area contributed by atoms with Crippen LogP contribution >= 0.6 is 11.6 Å². The van der Waals surface area contributed by atoms with Crippen LogP contribution in [0.25, 0.3) is 6.08 Å². The maximum Gasteiger partial charge on any atom is 0.339 e. The third-order valence-corrected chi connectivity index (χ3v) is 4.56. The van der Waals surface area contributed by atoms with Gasteiger partial charge in [-0.2, -0.15) is 10.1 Å². The number of carbonyl (C=O) groups is 2. The summed E-state index contributed by atoms with van der Waals surface area (Å²) in [6.07, 6.45) is 1.29. The number of amides is 1. The summed E-state index contributed by atoms with van der Waals surface area (Å²) in [5, 5.41) is 16.5. The first-order valence-electron chi connectivity index (χ1n) is 9.04. The Morgan fingerprint density at radius 1 is 1.23 bits per heavy atom. The largest absolute Gasteiger partial charge is 0.459 e. The van der Waals surface area contributed by atoms with Crippen LogP contribution in [0, 0.1) is 10.1 Å². The second kappa shape index (κ2) is 8.46. The number of rotatable bonds is 5. The fraction of sp³-hybridized carbons (Fsp3) is 0.190. The Balaban J connectivity index is 1.90. The van der Waals surface area contributed by atoms with E-state index in [1.165, 1.54) is 29.3 Å². The first kappa shape index (κ1) is 21.2. The minimum absolute atomic E-state index is 0.0381. The maximum atomic E-state index is 12.9. The summed E-state index contributed by atoms with van der Waals surface area (Å²) >= 11 is 6.12. The minimum Gasteiger partial charge on any atom is -0.459 e. The highest BCUT2D eigenvalue weighted by molar-refractivity contribution is 6.34. The van der Waals surface area contributed by atoms with E-state index in [1.807, 2.05) is 0 Å². The molecule has 8 nitrogen and oxygen atoms in total. The molecule has 1 heterocycles. The molecule has 1 aliphatic rings. The minimum atomic E-state index is -0.592. The van der Waals surface area contributed by atoms with Crippen LogP contribution < -0.4 is 5.01 Å². The van der Waals surface area contributed by atoms with Crippen molar-refractivity contribution in [3.63, 3.8) is 0 Å². The number of nitro benzene ring substituents is 1. The van der Waals surface area contributed by atoms with E-state index in [1.54, 1.807) is 45.0 Å². The van der Waals surface area contributed by atoms with Crippen molar-refractivity contribution in [3.8, 4) is 0 Å². The van der Waals surface area contributed by atoms with Gasteiger partial charge in [-0.15, -0.1) is 0 Å².